The Morgan fingerprint density at radius 3 is 2.45 bits per heavy atom. The molecule has 0 unspecified atom stereocenters. The molecule has 0 aliphatic carbocycles. The summed E-state index contributed by atoms with van der Waals surface area (Å²) in [6.07, 6.45) is 0. The lowest BCUT2D eigenvalue weighted by molar-refractivity contribution is -0.116. The van der Waals surface area contributed by atoms with Gasteiger partial charge in [-0.1, -0.05) is 59.8 Å². The van der Waals surface area contributed by atoms with Gasteiger partial charge in [0, 0.05) is 16.8 Å². The van der Waals surface area contributed by atoms with Crippen molar-refractivity contribution < 1.29 is 4.79 Å². The molecule has 0 bridgehead atoms. The minimum atomic E-state index is -0.195. The molecule has 4 rings (SSSR count). The van der Waals surface area contributed by atoms with Crippen LogP contribution in [0.1, 0.15) is 19.4 Å². The molecule has 0 saturated heterocycles. The van der Waals surface area contributed by atoms with Crippen LogP contribution in [0.15, 0.2) is 82.7 Å². The molecule has 0 radical (unpaired) electrons. The molecule has 0 aliphatic heterocycles. The maximum Gasteiger partial charge on any atom is 0.266 e. The first-order valence-electron chi connectivity index (χ1n) is 10.6. The number of thioether (sulfide) groups is 1. The van der Waals surface area contributed by atoms with E-state index in [9.17, 15) is 9.59 Å². The quantitative estimate of drug-likeness (QED) is 0.257. The number of fused-ring (bicyclic) bond motifs is 1. The lowest BCUT2D eigenvalue weighted by Crippen LogP contribution is -2.38. The summed E-state index contributed by atoms with van der Waals surface area (Å²) >= 11 is 7.60. The van der Waals surface area contributed by atoms with Gasteiger partial charge in [0.25, 0.3) is 5.56 Å². The van der Waals surface area contributed by atoms with E-state index in [-0.39, 0.29) is 23.3 Å². The molecule has 4 aromatic rings. The molecule has 33 heavy (non-hydrogen) atoms. The smallest absolute Gasteiger partial charge is 0.266 e. The van der Waals surface area contributed by atoms with Gasteiger partial charge in [-0.25, -0.2) is 4.98 Å². The van der Waals surface area contributed by atoms with Gasteiger partial charge in [-0.15, -0.1) is 0 Å². The molecule has 0 spiro atoms. The van der Waals surface area contributed by atoms with Crippen LogP contribution in [0.4, 0.5) is 5.69 Å². The Balaban J connectivity index is 1.74. The number of halogens is 1. The third-order valence-electron chi connectivity index (χ3n) is 5.30. The SMILES string of the molecule is Cc1ccc(-n2c(SCC(=O)N(c3ccccc3)C(C)C)nc3ccccc3c2=O)cc1Cl. The fraction of sp³-hybridized carbons (Fsp3) is 0.192. The lowest BCUT2D eigenvalue weighted by atomic mass is 10.2. The predicted octanol–water partition coefficient (Wildman–Crippen LogP) is 5.88. The number of benzene rings is 3. The van der Waals surface area contributed by atoms with E-state index in [1.54, 1.807) is 23.1 Å². The van der Waals surface area contributed by atoms with E-state index in [1.807, 2.05) is 75.4 Å². The van der Waals surface area contributed by atoms with Crippen molar-refractivity contribution in [3.63, 3.8) is 0 Å². The number of rotatable bonds is 6. The highest BCUT2D eigenvalue weighted by atomic mass is 35.5. The Morgan fingerprint density at radius 1 is 1.06 bits per heavy atom. The molecule has 7 heteroatoms. The van der Waals surface area contributed by atoms with Gasteiger partial charge < -0.3 is 4.90 Å². The van der Waals surface area contributed by atoms with Crippen LogP contribution in [-0.4, -0.2) is 27.3 Å². The minimum Gasteiger partial charge on any atom is -0.309 e. The fourth-order valence-corrected chi connectivity index (χ4v) is 4.72. The Labute approximate surface area is 202 Å². The van der Waals surface area contributed by atoms with Crippen LogP contribution in [0.5, 0.6) is 0 Å². The average molecular weight is 478 g/mol. The van der Waals surface area contributed by atoms with Crippen LogP contribution in [-0.2, 0) is 4.79 Å². The van der Waals surface area contributed by atoms with Gasteiger partial charge in [-0.2, -0.15) is 0 Å². The number of amides is 1. The van der Waals surface area contributed by atoms with Gasteiger partial charge in [0.1, 0.15) is 0 Å². The molecule has 1 heterocycles. The second-order valence-corrected chi connectivity index (χ2v) is 9.32. The van der Waals surface area contributed by atoms with Crippen molar-refractivity contribution >= 4 is 45.9 Å². The summed E-state index contributed by atoms with van der Waals surface area (Å²) < 4.78 is 1.54. The molecule has 0 saturated carbocycles. The van der Waals surface area contributed by atoms with E-state index in [0.29, 0.717) is 26.8 Å². The molecule has 0 N–H and O–H groups in total. The van der Waals surface area contributed by atoms with E-state index < -0.39 is 0 Å². The lowest BCUT2D eigenvalue weighted by Gasteiger charge is -2.27. The van der Waals surface area contributed by atoms with Crippen molar-refractivity contribution in [2.45, 2.75) is 32.0 Å². The molecule has 1 aromatic heterocycles. The van der Waals surface area contributed by atoms with Crippen molar-refractivity contribution in [2.75, 3.05) is 10.7 Å². The van der Waals surface area contributed by atoms with Crippen molar-refractivity contribution in [1.29, 1.82) is 0 Å². The van der Waals surface area contributed by atoms with Crippen LogP contribution in [0.25, 0.3) is 16.6 Å². The zero-order chi connectivity index (χ0) is 23.5. The number of hydrogen-bond acceptors (Lipinski definition) is 4. The first kappa shape index (κ1) is 23.1. The minimum absolute atomic E-state index is 0.0110. The molecular formula is C26H24ClN3O2S. The number of carbonyl (C=O) groups is 1. The summed E-state index contributed by atoms with van der Waals surface area (Å²) in [5.41, 5.74) is 2.77. The van der Waals surface area contributed by atoms with E-state index >= 15 is 0 Å². The topological polar surface area (TPSA) is 55.2 Å². The molecule has 5 nitrogen and oxygen atoms in total. The maximum atomic E-state index is 13.4. The first-order valence-corrected chi connectivity index (χ1v) is 12.0. The van der Waals surface area contributed by atoms with Gasteiger partial charge in [-0.3, -0.25) is 14.2 Å². The highest BCUT2D eigenvalue weighted by Gasteiger charge is 2.21. The molecular weight excluding hydrogens is 454 g/mol. The predicted molar refractivity (Wildman–Crippen MR) is 137 cm³/mol. The third kappa shape index (κ3) is 4.82. The molecule has 0 atom stereocenters. The van der Waals surface area contributed by atoms with Gasteiger partial charge in [-0.05, 0) is 62.7 Å². The Bertz CT molecular complexity index is 1370. The number of carbonyl (C=O) groups excluding carboxylic acids is 1. The number of anilines is 1. The molecule has 0 fully saturated rings. The normalized spacial score (nSPS) is 11.2. The maximum absolute atomic E-state index is 13.4. The molecule has 1 amide bonds. The summed E-state index contributed by atoms with van der Waals surface area (Å²) in [5, 5.41) is 1.52. The number of aryl methyl sites for hydroxylation is 1. The Hall–Kier alpha value is -3.09. The number of aromatic nitrogens is 2. The second-order valence-electron chi connectivity index (χ2n) is 7.97. The van der Waals surface area contributed by atoms with Crippen molar-refractivity contribution in [3.8, 4) is 5.69 Å². The second kappa shape index (κ2) is 9.81. The Morgan fingerprint density at radius 2 is 1.76 bits per heavy atom. The van der Waals surface area contributed by atoms with Crippen molar-refractivity contribution in [2.24, 2.45) is 0 Å². The first-order chi connectivity index (χ1) is 15.9. The Kier molecular flexibility index (Phi) is 6.86. The van der Waals surface area contributed by atoms with Crippen molar-refractivity contribution in [3.05, 3.63) is 93.7 Å². The van der Waals surface area contributed by atoms with E-state index in [1.165, 1.54) is 16.3 Å². The summed E-state index contributed by atoms with van der Waals surface area (Å²) in [6.45, 7) is 5.87. The molecule has 168 valence electrons. The number of para-hydroxylation sites is 2. The number of nitrogens with zero attached hydrogens (tertiary/aromatic N) is 3. The summed E-state index contributed by atoms with van der Waals surface area (Å²) in [4.78, 5) is 33.1. The van der Waals surface area contributed by atoms with Crippen LogP contribution in [0, 0.1) is 6.92 Å². The van der Waals surface area contributed by atoms with E-state index in [0.717, 1.165) is 11.3 Å². The van der Waals surface area contributed by atoms with Gasteiger partial charge >= 0.3 is 0 Å². The monoisotopic (exact) mass is 477 g/mol. The molecule has 0 aliphatic rings. The number of hydrogen-bond donors (Lipinski definition) is 0. The van der Waals surface area contributed by atoms with Crippen molar-refractivity contribution in [1.82, 2.24) is 9.55 Å². The van der Waals surface area contributed by atoms with Crippen LogP contribution < -0.4 is 10.5 Å². The summed E-state index contributed by atoms with van der Waals surface area (Å²) in [7, 11) is 0. The molecule has 3 aromatic carbocycles. The van der Waals surface area contributed by atoms with E-state index in [2.05, 4.69) is 0 Å². The summed E-state index contributed by atoms with van der Waals surface area (Å²) in [6, 6.07) is 22.3. The fourth-order valence-electron chi connectivity index (χ4n) is 3.67. The van der Waals surface area contributed by atoms with Gasteiger partial charge in [0.15, 0.2) is 5.16 Å². The van der Waals surface area contributed by atoms with Crippen LogP contribution in [0.2, 0.25) is 5.02 Å². The average Bonchev–Trinajstić information content (AvgIpc) is 2.80. The summed E-state index contributed by atoms with van der Waals surface area (Å²) in [5.74, 6) is 0.0781. The zero-order valence-electron chi connectivity index (χ0n) is 18.7. The van der Waals surface area contributed by atoms with Crippen LogP contribution >= 0.6 is 23.4 Å². The van der Waals surface area contributed by atoms with E-state index in [4.69, 9.17) is 16.6 Å². The third-order valence-corrected chi connectivity index (χ3v) is 6.63. The van der Waals surface area contributed by atoms with Gasteiger partial charge in [0.05, 0.1) is 22.3 Å². The zero-order valence-corrected chi connectivity index (χ0v) is 20.2. The van der Waals surface area contributed by atoms with Gasteiger partial charge in [0.2, 0.25) is 5.91 Å². The highest BCUT2D eigenvalue weighted by molar-refractivity contribution is 7.99. The highest BCUT2D eigenvalue weighted by Crippen LogP contribution is 2.26. The van der Waals surface area contributed by atoms with Crippen LogP contribution in [0.3, 0.4) is 0 Å². The standard InChI is InChI=1S/C26H24ClN3O2S/c1-17(2)29(19-9-5-4-6-10-19)24(31)16-33-26-28-23-12-8-7-11-21(23)25(32)30(26)20-14-13-18(3)22(27)15-20/h4-15,17H,16H2,1-3H3. The largest absolute Gasteiger partial charge is 0.309 e.